The molecule has 1 heterocycles. The molecule has 0 saturated heterocycles. The van der Waals surface area contributed by atoms with Gasteiger partial charge in [0.05, 0.1) is 17.4 Å². The van der Waals surface area contributed by atoms with Gasteiger partial charge >= 0.3 is 0 Å². The minimum Gasteiger partial charge on any atom is -0.322 e. The Kier molecular flexibility index (Phi) is 6.42. The van der Waals surface area contributed by atoms with Gasteiger partial charge in [-0.3, -0.25) is 14.2 Å². The highest BCUT2D eigenvalue weighted by molar-refractivity contribution is 6.30. The van der Waals surface area contributed by atoms with E-state index in [1.54, 1.807) is 34.9 Å². The maximum Gasteiger partial charge on any atom is 0.261 e. The maximum absolute atomic E-state index is 13.7. The molecular weight excluding hydrogens is 458 g/mol. The Hall–Kier alpha value is -4.22. The van der Waals surface area contributed by atoms with Gasteiger partial charge in [-0.2, -0.15) is 0 Å². The van der Waals surface area contributed by atoms with E-state index in [0.717, 1.165) is 11.1 Å². The van der Waals surface area contributed by atoms with E-state index >= 15 is 0 Å². The molecule has 0 radical (unpaired) electrons. The SMILES string of the molecule is O=C(Nc1ccc2nc(Cc3ccccc3)n(Cc3ccc(Cl)cc3)c(=O)c2c1)c1ccccc1. The van der Waals surface area contributed by atoms with Crippen molar-refractivity contribution in [3.05, 3.63) is 141 Å². The van der Waals surface area contributed by atoms with Crippen LogP contribution in [0.4, 0.5) is 5.69 Å². The van der Waals surface area contributed by atoms with E-state index in [4.69, 9.17) is 16.6 Å². The monoisotopic (exact) mass is 479 g/mol. The molecule has 6 heteroatoms. The van der Waals surface area contributed by atoms with Gasteiger partial charge in [0.1, 0.15) is 5.82 Å². The largest absolute Gasteiger partial charge is 0.322 e. The summed E-state index contributed by atoms with van der Waals surface area (Å²) in [4.78, 5) is 31.2. The molecule has 5 nitrogen and oxygen atoms in total. The Morgan fingerprint density at radius 2 is 1.51 bits per heavy atom. The average Bonchev–Trinajstić information content (AvgIpc) is 2.89. The van der Waals surface area contributed by atoms with E-state index in [2.05, 4.69) is 5.32 Å². The highest BCUT2D eigenvalue weighted by atomic mass is 35.5. The van der Waals surface area contributed by atoms with Crippen LogP contribution < -0.4 is 10.9 Å². The normalized spacial score (nSPS) is 10.9. The number of fused-ring (bicyclic) bond motifs is 1. The predicted molar refractivity (Wildman–Crippen MR) is 140 cm³/mol. The van der Waals surface area contributed by atoms with Gasteiger partial charge in [-0.1, -0.05) is 72.3 Å². The zero-order chi connectivity index (χ0) is 24.2. The molecule has 35 heavy (non-hydrogen) atoms. The van der Waals surface area contributed by atoms with Crippen LogP contribution in [0.3, 0.4) is 0 Å². The van der Waals surface area contributed by atoms with Crippen LogP contribution in [-0.4, -0.2) is 15.5 Å². The maximum atomic E-state index is 13.7. The molecule has 0 aliphatic rings. The van der Waals surface area contributed by atoms with Crippen LogP contribution in [0.5, 0.6) is 0 Å². The van der Waals surface area contributed by atoms with Crippen molar-refractivity contribution in [3.8, 4) is 0 Å². The smallest absolute Gasteiger partial charge is 0.261 e. The van der Waals surface area contributed by atoms with Crippen LogP contribution in [0.2, 0.25) is 5.02 Å². The number of hydrogen-bond donors (Lipinski definition) is 1. The lowest BCUT2D eigenvalue weighted by Crippen LogP contribution is -2.26. The summed E-state index contributed by atoms with van der Waals surface area (Å²) in [6.45, 7) is 0.363. The van der Waals surface area contributed by atoms with E-state index < -0.39 is 0 Å². The Bertz CT molecular complexity index is 1550. The standard InChI is InChI=1S/C29H22ClN3O2/c30-23-13-11-21(12-14-23)19-33-27(17-20-7-3-1-4-8-20)32-26-16-15-24(18-25(26)29(33)35)31-28(34)22-9-5-2-6-10-22/h1-16,18H,17,19H2,(H,31,34). The molecule has 0 fully saturated rings. The molecule has 4 aromatic carbocycles. The van der Waals surface area contributed by atoms with Gasteiger partial charge in [0.2, 0.25) is 0 Å². The lowest BCUT2D eigenvalue weighted by Gasteiger charge is -2.15. The van der Waals surface area contributed by atoms with Crippen LogP contribution >= 0.6 is 11.6 Å². The second kappa shape index (κ2) is 9.95. The Morgan fingerprint density at radius 3 is 2.23 bits per heavy atom. The molecule has 5 rings (SSSR count). The fraction of sp³-hybridized carbons (Fsp3) is 0.0690. The molecule has 0 spiro atoms. The molecule has 172 valence electrons. The summed E-state index contributed by atoms with van der Waals surface area (Å²) in [6.07, 6.45) is 0.520. The molecule has 1 aromatic heterocycles. The third-order valence-electron chi connectivity index (χ3n) is 5.79. The number of benzene rings is 4. The van der Waals surface area contributed by atoms with Crippen molar-refractivity contribution >= 4 is 34.1 Å². The summed E-state index contributed by atoms with van der Waals surface area (Å²) in [5.74, 6) is 0.435. The zero-order valence-electron chi connectivity index (χ0n) is 18.8. The summed E-state index contributed by atoms with van der Waals surface area (Å²) in [5, 5.41) is 3.96. The molecular formula is C29H22ClN3O2. The number of carbonyl (C=O) groups excluding carboxylic acids is 1. The quantitative estimate of drug-likeness (QED) is 0.327. The second-order valence-corrected chi connectivity index (χ2v) is 8.70. The van der Waals surface area contributed by atoms with Crippen LogP contribution in [0, 0.1) is 0 Å². The summed E-state index contributed by atoms with van der Waals surface area (Å²) in [7, 11) is 0. The van der Waals surface area contributed by atoms with E-state index in [1.165, 1.54) is 0 Å². The number of aromatic nitrogens is 2. The van der Waals surface area contributed by atoms with E-state index in [1.807, 2.05) is 72.8 Å². The number of amides is 1. The minimum atomic E-state index is -0.236. The number of rotatable bonds is 6. The van der Waals surface area contributed by atoms with Crippen molar-refractivity contribution in [1.29, 1.82) is 0 Å². The van der Waals surface area contributed by atoms with Gasteiger partial charge in [0.25, 0.3) is 11.5 Å². The van der Waals surface area contributed by atoms with Crippen molar-refractivity contribution in [3.63, 3.8) is 0 Å². The van der Waals surface area contributed by atoms with Crippen LogP contribution in [-0.2, 0) is 13.0 Å². The molecule has 0 unspecified atom stereocenters. The number of nitrogens with one attached hydrogen (secondary N) is 1. The molecule has 0 saturated carbocycles. The third-order valence-corrected chi connectivity index (χ3v) is 6.04. The topological polar surface area (TPSA) is 64.0 Å². The fourth-order valence-corrected chi connectivity index (χ4v) is 4.11. The van der Waals surface area contributed by atoms with Crippen molar-refractivity contribution < 1.29 is 4.79 Å². The number of anilines is 1. The highest BCUT2D eigenvalue weighted by Gasteiger charge is 2.14. The number of hydrogen-bond acceptors (Lipinski definition) is 3. The van der Waals surface area contributed by atoms with Crippen molar-refractivity contribution in [2.45, 2.75) is 13.0 Å². The molecule has 5 aromatic rings. The highest BCUT2D eigenvalue weighted by Crippen LogP contribution is 2.19. The van der Waals surface area contributed by atoms with Gasteiger partial charge in [0, 0.05) is 22.7 Å². The van der Waals surface area contributed by atoms with E-state index in [-0.39, 0.29) is 11.5 Å². The zero-order valence-corrected chi connectivity index (χ0v) is 19.6. The molecule has 1 amide bonds. The molecule has 1 N–H and O–H groups in total. The first kappa shape index (κ1) is 22.6. The lowest BCUT2D eigenvalue weighted by molar-refractivity contribution is 0.102. The average molecular weight is 480 g/mol. The van der Waals surface area contributed by atoms with Crippen LogP contribution in [0.25, 0.3) is 10.9 Å². The lowest BCUT2D eigenvalue weighted by atomic mass is 10.1. The summed E-state index contributed by atoms with van der Waals surface area (Å²) < 4.78 is 1.70. The van der Waals surface area contributed by atoms with Crippen LogP contribution in [0.15, 0.2) is 108 Å². The molecule has 0 atom stereocenters. The second-order valence-electron chi connectivity index (χ2n) is 8.26. The molecule has 0 aliphatic carbocycles. The summed E-state index contributed by atoms with van der Waals surface area (Å²) in [5.41, 5.74) is 3.52. The number of carbonyl (C=O) groups is 1. The van der Waals surface area contributed by atoms with E-state index in [0.29, 0.717) is 46.0 Å². The van der Waals surface area contributed by atoms with Crippen molar-refractivity contribution in [2.75, 3.05) is 5.32 Å². The van der Waals surface area contributed by atoms with Gasteiger partial charge in [-0.15, -0.1) is 0 Å². The van der Waals surface area contributed by atoms with Crippen LogP contribution in [0.1, 0.15) is 27.3 Å². The summed E-state index contributed by atoms with van der Waals surface area (Å²) in [6, 6.07) is 31.6. The minimum absolute atomic E-state index is 0.160. The molecule has 0 bridgehead atoms. The number of nitrogens with zero attached hydrogens (tertiary/aromatic N) is 2. The van der Waals surface area contributed by atoms with Crippen molar-refractivity contribution in [1.82, 2.24) is 9.55 Å². The third kappa shape index (κ3) is 5.15. The first-order valence-electron chi connectivity index (χ1n) is 11.2. The van der Waals surface area contributed by atoms with Gasteiger partial charge in [0.15, 0.2) is 0 Å². The first-order valence-corrected chi connectivity index (χ1v) is 11.6. The first-order chi connectivity index (χ1) is 17.1. The molecule has 0 aliphatic heterocycles. The fourth-order valence-electron chi connectivity index (χ4n) is 3.99. The summed E-state index contributed by atoms with van der Waals surface area (Å²) >= 11 is 6.05. The Labute approximate surface area is 207 Å². The van der Waals surface area contributed by atoms with Gasteiger partial charge in [-0.25, -0.2) is 4.98 Å². The van der Waals surface area contributed by atoms with Crippen molar-refractivity contribution in [2.24, 2.45) is 0 Å². The van der Waals surface area contributed by atoms with Gasteiger partial charge in [-0.05, 0) is 53.6 Å². The predicted octanol–water partition coefficient (Wildman–Crippen LogP) is 5.94. The number of halogens is 1. The Morgan fingerprint density at radius 1 is 0.829 bits per heavy atom. The van der Waals surface area contributed by atoms with E-state index in [9.17, 15) is 9.59 Å². The Balaban J connectivity index is 1.56. The van der Waals surface area contributed by atoms with Gasteiger partial charge < -0.3 is 5.32 Å².